The maximum atomic E-state index is 14.9. The molecule has 3 fully saturated rings. The fourth-order valence-corrected chi connectivity index (χ4v) is 19.4. The van der Waals surface area contributed by atoms with Crippen LogP contribution in [0.5, 0.6) is 0 Å². The van der Waals surface area contributed by atoms with E-state index in [1.165, 1.54) is 35.6 Å². The fraction of sp³-hybridized carbons (Fsp3) is 0.701. The second kappa shape index (κ2) is 29.9. The average Bonchev–Trinajstić information content (AvgIpc) is 2.86. The number of ether oxygens (including phenoxy) is 5. The van der Waals surface area contributed by atoms with E-state index >= 15 is 0 Å². The van der Waals surface area contributed by atoms with Crippen molar-refractivity contribution in [3.63, 3.8) is 0 Å². The first-order valence-corrected chi connectivity index (χ1v) is 33.4. The summed E-state index contributed by atoms with van der Waals surface area (Å²) in [4.78, 5) is 35.3. The summed E-state index contributed by atoms with van der Waals surface area (Å²) in [6.45, 7) is 17.9. The molecule has 16 heteroatoms. The van der Waals surface area contributed by atoms with Crippen molar-refractivity contribution < 1.29 is 58.8 Å². The van der Waals surface area contributed by atoms with Gasteiger partial charge in [-0.1, -0.05) is 27.7 Å². The molecule has 0 bridgehead atoms. The molecule has 18 atom stereocenters. The molecule has 3 aromatic carbocycles. The molecule has 468 valence electrons. The van der Waals surface area contributed by atoms with Crippen LogP contribution in [0.15, 0.2) is 84.9 Å². The molecule has 3 aromatic rings. The van der Waals surface area contributed by atoms with Crippen molar-refractivity contribution >= 4 is 40.7 Å². The van der Waals surface area contributed by atoms with Gasteiger partial charge in [0.2, 0.25) is 0 Å². The van der Waals surface area contributed by atoms with E-state index in [1.54, 1.807) is 39.5 Å². The Kier molecular flexibility index (Phi) is 24.7. The monoisotopic (exact) mass is 1180 g/mol. The molecule has 1 amide bonds. The molecular weight excluding hydrogens is 1070 g/mol. The number of unbranched alkanes of at least 4 members (excludes halogenated alkanes) is 6. The summed E-state index contributed by atoms with van der Waals surface area (Å²) in [5.74, 6) is -3.66. The number of methoxy groups -OCH3 is 1. The van der Waals surface area contributed by atoms with Crippen molar-refractivity contribution in [1.29, 1.82) is 0 Å². The quantitative estimate of drug-likeness (QED) is 0.0416. The van der Waals surface area contributed by atoms with Crippen LogP contribution in [-0.4, -0.2) is 179 Å². The molecule has 3 saturated heterocycles. The van der Waals surface area contributed by atoms with Crippen LogP contribution in [-0.2, 0) is 33.3 Å². The minimum atomic E-state index is -2.37. The second-order valence-corrected chi connectivity index (χ2v) is 30.5. The molecule has 3 aliphatic rings. The van der Waals surface area contributed by atoms with Crippen LogP contribution in [0.2, 0.25) is 0 Å². The average molecular weight is 1180 g/mol. The van der Waals surface area contributed by atoms with Gasteiger partial charge in [-0.2, -0.15) is 0 Å². The Labute approximate surface area is 499 Å². The van der Waals surface area contributed by atoms with E-state index in [0.29, 0.717) is 12.8 Å². The van der Waals surface area contributed by atoms with Gasteiger partial charge in [-0.3, -0.25) is 4.79 Å². The Hall–Kier alpha value is -3.57. The van der Waals surface area contributed by atoms with Crippen molar-refractivity contribution in [3.8, 4) is 0 Å². The number of hydrogen-bond acceptors (Lipinski definition) is 14. The first-order valence-electron chi connectivity index (χ1n) is 31.2. The van der Waals surface area contributed by atoms with Crippen molar-refractivity contribution in [2.75, 3.05) is 52.9 Å². The molecule has 83 heavy (non-hydrogen) atoms. The van der Waals surface area contributed by atoms with Gasteiger partial charge in [0.05, 0.1) is 41.5 Å². The Bertz CT molecular complexity index is 2410. The zero-order valence-corrected chi connectivity index (χ0v) is 54.1. The summed E-state index contributed by atoms with van der Waals surface area (Å²) in [7, 11) is 7.10. The second-order valence-electron chi connectivity index (χ2n) is 26.4. The molecule has 1 unspecified atom stereocenters. The molecule has 5 N–H and O–H groups in total. The molecule has 15 nitrogen and oxygen atoms in total. The third-order valence-corrected chi connectivity index (χ3v) is 24.5. The van der Waals surface area contributed by atoms with E-state index in [9.17, 15) is 35.1 Å². The molecular formula is C67H108N3O12P. The molecule has 0 radical (unpaired) electrons. The van der Waals surface area contributed by atoms with Crippen LogP contribution in [0.3, 0.4) is 0 Å². The Balaban J connectivity index is 1.21. The number of anilines is 1. The topological polar surface area (TPSA) is 191 Å². The van der Waals surface area contributed by atoms with Gasteiger partial charge in [0.1, 0.15) is 30.0 Å². The van der Waals surface area contributed by atoms with E-state index in [1.807, 2.05) is 46.7 Å². The van der Waals surface area contributed by atoms with Gasteiger partial charge >= 0.3 is 224 Å². The fourth-order valence-electron chi connectivity index (χ4n) is 14.5. The van der Waals surface area contributed by atoms with Crippen molar-refractivity contribution in [2.45, 2.75) is 230 Å². The van der Waals surface area contributed by atoms with Gasteiger partial charge < -0.3 is 54.1 Å². The number of likely N-dealkylation sites (N-methyl/N-ethyl adjacent to an activating group) is 1. The predicted octanol–water partition coefficient (Wildman–Crippen LogP) is 7.98. The molecule has 0 aliphatic carbocycles. The van der Waals surface area contributed by atoms with Crippen LogP contribution >= 0.6 is 7.26 Å². The van der Waals surface area contributed by atoms with Crippen LogP contribution in [0.4, 0.5) is 5.69 Å². The summed E-state index contributed by atoms with van der Waals surface area (Å²) in [5, 5.41) is 65.3. The molecule has 3 aliphatic heterocycles. The number of carbonyl (C=O) groups is 2. The van der Waals surface area contributed by atoms with Gasteiger partial charge in [-0.15, -0.1) is 0 Å². The van der Waals surface area contributed by atoms with Crippen LogP contribution in [0, 0.1) is 23.7 Å². The van der Waals surface area contributed by atoms with Gasteiger partial charge in [0.25, 0.3) is 0 Å². The SMILES string of the molecule is CC[C@H]1OC(=O)[C@H](C)C([C@H]2C[C@@](C)(OC)[C@@H](O)[C@H](C)O2)[C@H](C)[C@@H](O[C@@H]2O[C@H](C)C[C@H](N(C)C)[C@H]2O)[C@](C)(O)C[C@@H](C)CN(C(=O)CCCCCCCCC[PH](c2ccccc2)(c2ccccc2)c2ccc(N(C)C)cc2)[C@H](C)[C@@H](O)[C@]1(C)O. The molecule has 0 saturated carbocycles. The molecule has 0 aromatic heterocycles. The number of aliphatic hydroxyl groups excluding tert-OH is 3. The smallest absolute Gasteiger partial charge is 0.388 e. The first-order chi connectivity index (χ1) is 39.1. The van der Waals surface area contributed by atoms with Crippen LogP contribution < -0.4 is 20.8 Å². The number of nitrogens with zero attached hydrogens (tertiary/aromatic N) is 3. The number of cyclic esters (lactones) is 1. The van der Waals surface area contributed by atoms with Crippen LogP contribution in [0.25, 0.3) is 0 Å². The summed E-state index contributed by atoms with van der Waals surface area (Å²) in [6.07, 6.45) is 0.279. The minimum absolute atomic E-state index is 0.100. The number of benzene rings is 3. The first kappa shape index (κ1) is 68.5. The normalized spacial score (nSPS) is 35.5. The third kappa shape index (κ3) is 16.1. The number of esters is 1. The van der Waals surface area contributed by atoms with E-state index in [4.69, 9.17) is 23.7 Å². The number of carbonyl (C=O) groups excluding carboxylic acids is 2. The van der Waals surface area contributed by atoms with Gasteiger partial charge in [-0.25, -0.2) is 0 Å². The number of amides is 1. The van der Waals surface area contributed by atoms with Gasteiger partial charge in [-0.05, 0) is 86.7 Å². The van der Waals surface area contributed by atoms with E-state index < -0.39 is 103 Å². The van der Waals surface area contributed by atoms with Crippen molar-refractivity contribution in [3.05, 3.63) is 84.9 Å². The molecule has 6 rings (SSSR count). The summed E-state index contributed by atoms with van der Waals surface area (Å²) in [5.41, 5.74) is -3.56. The molecule has 0 spiro atoms. The Morgan fingerprint density at radius 2 is 1.30 bits per heavy atom. The Morgan fingerprint density at radius 3 is 1.84 bits per heavy atom. The number of aliphatic hydroxyl groups is 5. The summed E-state index contributed by atoms with van der Waals surface area (Å²) in [6, 6.07) is 30.1. The maximum absolute atomic E-state index is 14.9. The standard InChI is InChI=1S/C67H108N3O12P/c1-16-56-67(10,77)60(73)48(6)70(57(71)34-28-20-18-17-19-21-29-39-83(51-30-24-22-25-31-51,52-32-26-23-27-33-52)53-37-35-50(36-38-53)68(11)12)43-44(2)41-65(8,76)62(82-64-59(72)54(69(13)14)40-45(3)79-64)46(4)58(47(5)63(75)81-56)55-42-66(9,78-15)61(74)49(7)80-55/h22-27,30-33,35-38,44-49,54-56,58-62,64,72-74,76-77,83H,16-21,28-29,34,39-43H2,1-15H3/t44-,45-,46+,47-,48-,49+,54+,55-,56-,58?,59-,60-,61+,62-,64+,65-,66-,67-/m1/s1. The minimum Gasteiger partial charge on any atom is -0.388 e. The van der Waals surface area contributed by atoms with E-state index in [2.05, 4.69) is 104 Å². The van der Waals surface area contributed by atoms with Gasteiger partial charge in [0.15, 0.2) is 6.29 Å². The summed E-state index contributed by atoms with van der Waals surface area (Å²) < 4.78 is 32.2. The predicted molar refractivity (Wildman–Crippen MR) is 335 cm³/mol. The van der Waals surface area contributed by atoms with Crippen molar-refractivity contribution in [2.24, 2.45) is 23.7 Å². The number of hydrogen-bond donors (Lipinski definition) is 5. The van der Waals surface area contributed by atoms with Crippen LogP contribution in [0.1, 0.15) is 146 Å². The third-order valence-electron chi connectivity index (χ3n) is 19.4. The number of rotatable bonds is 20. The zero-order valence-electron chi connectivity index (χ0n) is 53.1. The van der Waals surface area contributed by atoms with E-state index in [0.717, 1.165) is 44.7 Å². The van der Waals surface area contributed by atoms with E-state index in [-0.39, 0.29) is 56.2 Å². The summed E-state index contributed by atoms with van der Waals surface area (Å²) >= 11 is 0. The molecule has 3 heterocycles. The van der Waals surface area contributed by atoms with Gasteiger partial charge in [0, 0.05) is 25.5 Å². The van der Waals surface area contributed by atoms with Crippen molar-refractivity contribution in [1.82, 2.24) is 9.80 Å². The Morgan fingerprint density at radius 1 is 0.747 bits per heavy atom. The zero-order chi connectivity index (χ0) is 61.2.